The van der Waals surface area contributed by atoms with E-state index in [9.17, 15) is 0 Å². The second kappa shape index (κ2) is 8.07. The van der Waals surface area contributed by atoms with E-state index in [1.54, 1.807) is 30.6 Å². The average Bonchev–Trinajstić information content (AvgIpc) is 3.36. The minimum atomic E-state index is -0.0873. The van der Waals surface area contributed by atoms with Gasteiger partial charge in [0.2, 0.25) is 5.82 Å². The highest BCUT2D eigenvalue weighted by atomic mass is 35.5. The van der Waals surface area contributed by atoms with E-state index >= 15 is 0 Å². The van der Waals surface area contributed by atoms with Gasteiger partial charge in [-0.2, -0.15) is 4.98 Å². The Bertz CT molecular complexity index is 1080. The van der Waals surface area contributed by atoms with Gasteiger partial charge >= 0.3 is 0 Å². The van der Waals surface area contributed by atoms with Crippen LogP contribution in [0.3, 0.4) is 0 Å². The number of benzene rings is 1. The number of hydrogen-bond donors (Lipinski definition) is 0. The van der Waals surface area contributed by atoms with Gasteiger partial charge < -0.3 is 4.52 Å². The quantitative estimate of drug-likeness (QED) is 0.431. The van der Waals surface area contributed by atoms with Crippen LogP contribution in [-0.2, 0) is 6.54 Å². The van der Waals surface area contributed by atoms with E-state index in [0.29, 0.717) is 34.9 Å². The van der Waals surface area contributed by atoms with Gasteiger partial charge in [0.1, 0.15) is 0 Å². The summed E-state index contributed by atoms with van der Waals surface area (Å²) in [6.07, 6.45) is 3.37. The molecule has 1 aromatic carbocycles. The second-order valence-electron chi connectivity index (χ2n) is 5.85. The molecule has 0 N–H and O–H groups in total. The first kappa shape index (κ1) is 18.6. The van der Waals surface area contributed by atoms with Crippen LogP contribution in [0.4, 0.5) is 0 Å². The summed E-state index contributed by atoms with van der Waals surface area (Å²) in [5, 5.41) is 13.9. The molecule has 10 heteroatoms. The largest absolute Gasteiger partial charge is 0.334 e. The lowest BCUT2D eigenvalue weighted by atomic mass is 10.2. The minimum absolute atomic E-state index is 0.0873. The summed E-state index contributed by atoms with van der Waals surface area (Å²) in [5.41, 5.74) is 0.781. The summed E-state index contributed by atoms with van der Waals surface area (Å²) in [7, 11) is 0. The Labute approximate surface area is 170 Å². The number of aromatic nitrogens is 7. The second-order valence-corrected chi connectivity index (χ2v) is 7.60. The summed E-state index contributed by atoms with van der Waals surface area (Å²) in [4.78, 5) is 13.0. The number of nitrogens with zero attached hydrogens (tertiary/aromatic N) is 7. The van der Waals surface area contributed by atoms with Gasteiger partial charge in [0.05, 0.1) is 5.25 Å². The van der Waals surface area contributed by atoms with Crippen LogP contribution in [0.5, 0.6) is 0 Å². The fraction of sp³-hybridized carbons (Fsp3) is 0.222. The molecule has 4 aromatic rings. The maximum absolute atomic E-state index is 6.04. The van der Waals surface area contributed by atoms with Crippen LogP contribution in [0.25, 0.3) is 23.1 Å². The standard InChI is InChI=1S/C18H16ClN7OS/c1-3-26-16(15-20-8-5-9-21-15)23-24-18(26)28-11(2)14-22-17(27-25-14)12-6-4-7-13(19)10-12/h4-11H,3H2,1-2H3. The van der Waals surface area contributed by atoms with Gasteiger partial charge in [-0.15, -0.1) is 10.2 Å². The molecule has 0 aliphatic heterocycles. The summed E-state index contributed by atoms with van der Waals surface area (Å²) in [5.74, 6) is 2.17. The third kappa shape index (κ3) is 3.76. The van der Waals surface area contributed by atoms with Crippen molar-refractivity contribution in [3.63, 3.8) is 0 Å². The van der Waals surface area contributed by atoms with E-state index in [1.165, 1.54) is 11.8 Å². The summed E-state index contributed by atoms with van der Waals surface area (Å²) < 4.78 is 7.37. The van der Waals surface area contributed by atoms with Gasteiger partial charge in [-0.25, -0.2) is 9.97 Å². The Kier molecular flexibility index (Phi) is 5.36. The number of rotatable bonds is 6. The highest BCUT2D eigenvalue weighted by Crippen LogP contribution is 2.34. The predicted molar refractivity (Wildman–Crippen MR) is 106 cm³/mol. The first-order chi connectivity index (χ1) is 13.7. The van der Waals surface area contributed by atoms with Crippen molar-refractivity contribution in [2.45, 2.75) is 30.8 Å². The van der Waals surface area contributed by atoms with Crippen molar-refractivity contribution in [3.8, 4) is 23.1 Å². The van der Waals surface area contributed by atoms with Crippen LogP contribution in [-0.4, -0.2) is 34.9 Å². The van der Waals surface area contributed by atoms with Crippen molar-refractivity contribution in [1.29, 1.82) is 0 Å². The van der Waals surface area contributed by atoms with Gasteiger partial charge in [-0.3, -0.25) is 4.57 Å². The van der Waals surface area contributed by atoms with Gasteiger partial charge in [0.25, 0.3) is 5.89 Å². The van der Waals surface area contributed by atoms with Crippen molar-refractivity contribution in [1.82, 2.24) is 34.9 Å². The lowest BCUT2D eigenvalue weighted by molar-refractivity contribution is 0.423. The number of thioether (sulfide) groups is 1. The summed E-state index contributed by atoms with van der Waals surface area (Å²) in [6, 6.07) is 9.07. The normalized spacial score (nSPS) is 12.2. The SMILES string of the molecule is CCn1c(SC(C)c2noc(-c3cccc(Cl)c3)n2)nnc1-c1ncccn1. The lowest BCUT2D eigenvalue weighted by Crippen LogP contribution is -2.03. The smallest absolute Gasteiger partial charge is 0.258 e. The molecule has 4 rings (SSSR count). The molecule has 0 saturated carbocycles. The van der Waals surface area contributed by atoms with E-state index in [2.05, 4.69) is 30.3 Å². The molecule has 1 unspecified atom stereocenters. The highest BCUT2D eigenvalue weighted by molar-refractivity contribution is 7.99. The first-order valence-corrected chi connectivity index (χ1v) is 9.88. The molecule has 0 radical (unpaired) electrons. The first-order valence-electron chi connectivity index (χ1n) is 8.62. The average molecular weight is 414 g/mol. The van der Waals surface area contributed by atoms with Crippen LogP contribution in [0.15, 0.2) is 52.4 Å². The zero-order chi connectivity index (χ0) is 19.5. The topological polar surface area (TPSA) is 95.4 Å². The van der Waals surface area contributed by atoms with Crippen molar-refractivity contribution in [2.75, 3.05) is 0 Å². The molecule has 0 fully saturated rings. The number of halogens is 1. The molecule has 0 aliphatic rings. The molecule has 0 saturated heterocycles. The molecular formula is C18H16ClN7OS. The van der Waals surface area contributed by atoms with Gasteiger partial charge in [0, 0.05) is 29.5 Å². The van der Waals surface area contributed by atoms with Crippen molar-refractivity contribution >= 4 is 23.4 Å². The van der Waals surface area contributed by atoms with E-state index < -0.39 is 0 Å². The Morgan fingerprint density at radius 2 is 2.00 bits per heavy atom. The third-order valence-electron chi connectivity index (χ3n) is 3.96. The van der Waals surface area contributed by atoms with Crippen LogP contribution in [0.2, 0.25) is 5.02 Å². The van der Waals surface area contributed by atoms with E-state index in [4.69, 9.17) is 16.1 Å². The Hall–Kier alpha value is -2.78. The summed E-state index contributed by atoms with van der Waals surface area (Å²) >= 11 is 7.53. The zero-order valence-electron chi connectivity index (χ0n) is 15.2. The summed E-state index contributed by atoms with van der Waals surface area (Å²) in [6.45, 7) is 4.70. The highest BCUT2D eigenvalue weighted by Gasteiger charge is 2.21. The predicted octanol–water partition coefficient (Wildman–Crippen LogP) is 4.31. The molecule has 3 aromatic heterocycles. The Morgan fingerprint density at radius 1 is 1.18 bits per heavy atom. The zero-order valence-corrected chi connectivity index (χ0v) is 16.7. The van der Waals surface area contributed by atoms with Crippen molar-refractivity contribution < 1.29 is 4.52 Å². The fourth-order valence-corrected chi connectivity index (χ4v) is 3.73. The lowest BCUT2D eigenvalue weighted by Gasteiger charge is -2.08. The maximum atomic E-state index is 6.04. The molecule has 0 bridgehead atoms. The molecule has 3 heterocycles. The monoisotopic (exact) mass is 413 g/mol. The Morgan fingerprint density at radius 3 is 2.75 bits per heavy atom. The molecule has 0 amide bonds. The van der Waals surface area contributed by atoms with E-state index in [0.717, 1.165) is 10.7 Å². The minimum Gasteiger partial charge on any atom is -0.334 e. The van der Waals surface area contributed by atoms with Crippen molar-refractivity contribution in [2.24, 2.45) is 0 Å². The number of hydrogen-bond acceptors (Lipinski definition) is 8. The van der Waals surface area contributed by atoms with Crippen LogP contribution < -0.4 is 0 Å². The molecule has 142 valence electrons. The fourth-order valence-electron chi connectivity index (χ4n) is 2.59. The molecule has 8 nitrogen and oxygen atoms in total. The third-order valence-corrected chi connectivity index (χ3v) is 5.27. The van der Waals surface area contributed by atoms with E-state index in [1.807, 2.05) is 30.5 Å². The molecule has 1 atom stereocenters. The Balaban J connectivity index is 1.56. The van der Waals surface area contributed by atoms with Gasteiger partial charge in [-0.1, -0.05) is 34.6 Å². The van der Waals surface area contributed by atoms with Crippen LogP contribution in [0, 0.1) is 0 Å². The molecule has 0 spiro atoms. The van der Waals surface area contributed by atoms with Gasteiger partial charge in [-0.05, 0) is 38.1 Å². The van der Waals surface area contributed by atoms with Crippen LogP contribution >= 0.6 is 23.4 Å². The van der Waals surface area contributed by atoms with E-state index in [-0.39, 0.29) is 5.25 Å². The molecular weight excluding hydrogens is 398 g/mol. The maximum Gasteiger partial charge on any atom is 0.258 e. The van der Waals surface area contributed by atoms with Gasteiger partial charge in [0.15, 0.2) is 16.8 Å². The molecule has 28 heavy (non-hydrogen) atoms. The van der Waals surface area contributed by atoms with Crippen LogP contribution in [0.1, 0.15) is 24.9 Å². The molecule has 0 aliphatic carbocycles. The van der Waals surface area contributed by atoms with Crippen molar-refractivity contribution in [3.05, 3.63) is 53.6 Å².